The fourth-order valence-corrected chi connectivity index (χ4v) is 2.30. The third kappa shape index (κ3) is 3.30. The zero-order chi connectivity index (χ0) is 15.8. The zero-order valence-corrected chi connectivity index (χ0v) is 11.7. The van der Waals surface area contributed by atoms with Crippen LogP contribution in [0.3, 0.4) is 0 Å². The maximum absolute atomic E-state index is 12.9. The van der Waals surface area contributed by atoms with E-state index in [1.807, 2.05) is 0 Å². The molecule has 0 aliphatic carbocycles. The summed E-state index contributed by atoms with van der Waals surface area (Å²) in [5.74, 6) is 0. The minimum atomic E-state index is -4.88. The normalized spacial score (nSPS) is 12.0. The molecule has 2 aromatic rings. The molecular weight excluding hydrogens is 334 g/mol. The lowest BCUT2D eigenvalue weighted by Gasteiger charge is -2.15. The van der Waals surface area contributed by atoms with Crippen molar-refractivity contribution in [3.05, 3.63) is 57.6 Å². The Morgan fingerprint density at radius 1 is 0.952 bits per heavy atom. The quantitative estimate of drug-likeness (QED) is 0.539. The van der Waals surface area contributed by atoms with Gasteiger partial charge >= 0.3 is 6.18 Å². The van der Waals surface area contributed by atoms with Crippen molar-refractivity contribution in [2.75, 3.05) is 0 Å². The van der Waals surface area contributed by atoms with Crippen molar-refractivity contribution >= 4 is 23.2 Å². The predicted octanol–water partition coefficient (Wildman–Crippen LogP) is 6.62. The van der Waals surface area contributed by atoms with Gasteiger partial charge in [-0.3, -0.25) is 0 Å². The van der Waals surface area contributed by atoms with E-state index in [9.17, 15) is 22.0 Å². The molecule has 21 heavy (non-hydrogen) atoms. The summed E-state index contributed by atoms with van der Waals surface area (Å²) in [6.45, 7) is 0. The SMILES string of the molecule is FC(F)c1ccc(-c2cccc(Cl)c2Cl)cc1C(F)(F)F. The molecule has 0 atom stereocenters. The topological polar surface area (TPSA) is 0 Å². The summed E-state index contributed by atoms with van der Waals surface area (Å²) in [7, 11) is 0. The van der Waals surface area contributed by atoms with E-state index >= 15 is 0 Å². The van der Waals surface area contributed by atoms with Crippen molar-refractivity contribution in [1.29, 1.82) is 0 Å². The molecule has 0 saturated carbocycles. The van der Waals surface area contributed by atoms with Gasteiger partial charge in [-0.25, -0.2) is 8.78 Å². The van der Waals surface area contributed by atoms with Crippen LogP contribution in [0.15, 0.2) is 36.4 Å². The van der Waals surface area contributed by atoms with Gasteiger partial charge < -0.3 is 0 Å². The summed E-state index contributed by atoms with van der Waals surface area (Å²) >= 11 is 11.7. The molecule has 0 nitrogen and oxygen atoms in total. The van der Waals surface area contributed by atoms with Crippen LogP contribution in [0.25, 0.3) is 11.1 Å². The zero-order valence-electron chi connectivity index (χ0n) is 10.2. The van der Waals surface area contributed by atoms with E-state index in [4.69, 9.17) is 23.2 Å². The minimum absolute atomic E-state index is 0.0667. The lowest BCUT2D eigenvalue weighted by molar-refractivity contribution is -0.139. The van der Waals surface area contributed by atoms with Crippen LogP contribution in [0.2, 0.25) is 10.0 Å². The van der Waals surface area contributed by atoms with Crippen molar-refractivity contribution < 1.29 is 22.0 Å². The molecule has 2 aromatic carbocycles. The molecule has 0 N–H and O–H groups in total. The monoisotopic (exact) mass is 340 g/mol. The van der Waals surface area contributed by atoms with Gasteiger partial charge in [0.25, 0.3) is 6.43 Å². The minimum Gasteiger partial charge on any atom is -0.205 e. The molecule has 0 aliphatic rings. The number of hydrogen-bond acceptors (Lipinski definition) is 0. The number of alkyl halides is 5. The highest BCUT2D eigenvalue weighted by Crippen LogP contribution is 2.40. The molecule has 2 rings (SSSR count). The average Bonchev–Trinajstić information content (AvgIpc) is 2.40. The second-order valence-corrected chi connectivity index (χ2v) is 4.99. The van der Waals surface area contributed by atoms with E-state index in [0.29, 0.717) is 6.07 Å². The molecule has 0 radical (unpaired) electrons. The number of halogens is 7. The second kappa shape index (κ2) is 5.81. The molecule has 0 aliphatic heterocycles. The lowest BCUT2D eigenvalue weighted by Crippen LogP contribution is -2.09. The fraction of sp³-hybridized carbons (Fsp3) is 0.143. The summed E-state index contributed by atoms with van der Waals surface area (Å²) in [4.78, 5) is 0. The molecule has 0 spiro atoms. The summed E-state index contributed by atoms with van der Waals surface area (Å²) in [5, 5.41) is 0.234. The lowest BCUT2D eigenvalue weighted by atomic mass is 9.99. The number of benzene rings is 2. The Morgan fingerprint density at radius 3 is 2.19 bits per heavy atom. The Hall–Kier alpha value is -1.33. The predicted molar refractivity (Wildman–Crippen MR) is 71.9 cm³/mol. The molecule has 0 fully saturated rings. The van der Waals surface area contributed by atoms with Gasteiger partial charge in [-0.05, 0) is 17.7 Å². The van der Waals surface area contributed by atoms with Gasteiger partial charge in [-0.15, -0.1) is 0 Å². The highest BCUT2D eigenvalue weighted by molar-refractivity contribution is 6.43. The smallest absolute Gasteiger partial charge is 0.205 e. The third-order valence-electron chi connectivity index (χ3n) is 2.86. The van der Waals surface area contributed by atoms with Gasteiger partial charge in [-0.2, -0.15) is 13.2 Å². The van der Waals surface area contributed by atoms with Crippen LogP contribution in [0.5, 0.6) is 0 Å². The van der Waals surface area contributed by atoms with Crippen LogP contribution < -0.4 is 0 Å². The van der Waals surface area contributed by atoms with Crippen LogP contribution >= 0.6 is 23.2 Å². The first-order valence-corrected chi connectivity index (χ1v) is 6.41. The Labute approximate surface area is 127 Å². The summed E-state index contributed by atoms with van der Waals surface area (Å²) in [5.41, 5.74) is -2.13. The van der Waals surface area contributed by atoms with Gasteiger partial charge in [0.05, 0.1) is 15.6 Å². The van der Waals surface area contributed by atoms with Crippen molar-refractivity contribution in [1.82, 2.24) is 0 Å². The van der Waals surface area contributed by atoms with Crippen molar-refractivity contribution in [2.45, 2.75) is 12.6 Å². The summed E-state index contributed by atoms with van der Waals surface area (Å²) in [6, 6.07) is 7.02. The van der Waals surface area contributed by atoms with E-state index in [1.54, 1.807) is 0 Å². The van der Waals surface area contributed by atoms with Gasteiger partial charge in [0.15, 0.2) is 0 Å². The molecule has 0 bridgehead atoms. The van der Waals surface area contributed by atoms with Gasteiger partial charge in [0.2, 0.25) is 0 Å². The Bertz CT molecular complexity index is 665. The van der Waals surface area contributed by atoms with Gasteiger partial charge in [-0.1, -0.05) is 47.5 Å². The van der Waals surface area contributed by atoms with E-state index in [1.165, 1.54) is 18.2 Å². The maximum Gasteiger partial charge on any atom is 0.416 e. The number of rotatable bonds is 2. The van der Waals surface area contributed by atoms with Gasteiger partial charge in [0.1, 0.15) is 0 Å². The molecule has 7 heteroatoms. The van der Waals surface area contributed by atoms with E-state index in [2.05, 4.69) is 0 Å². The molecular formula is C14H7Cl2F5. The van der Waals surface area contributed by atoms with Crippen molar-refractivity contribution in [3.8, 4) is 11.1 Å². The standard InChI is InChI=1S/C14H7Cl2F5/c15-11-3-1-2-8(12(11)16)7-4-5-9(13(17)18)10(6-7)14(19,20)21/h1-6,13H. The van der Waals surface area contributed by atoms with Crippen LogP contribution in [0, 0.1) is 0 Å². The molecule has 0 unspecified atom stereocenters. The van der Waals surface area contributed by atoms with Gasteiger partial charge in [0, 0.05) is 11.1 Å². The molecule has 112 valence electrons. The Balaban J connectivity index is 2.65. The largest absolute Gasteiger partial charge is 0.416 e. The van der Waals surface area contributed by atoms with E-state index in [0.717, 1.165) is 12.1 Å². The first kappa shape index (κ1) is 16.0. The maximum atomic E-state index is 12.9. The van der Waals surface area contributed by atoms with E-state index < -0.39 is 23.7 Å². The van der Waals surface area contributed by atoms with Crippen molar-refractivity contribution in [3.63, 3.8) is 0 Å². The Kier molecular flexibility index (Phi) is 4.44. The summed E-state index contributed by atoms with van der Waals surface area (Å²) in [6.07, 6.45) is -8.10. The molecule has 0 saturated heterocycles. The van der Waals surface area contributed by atoms with Crippen LogP contribution in [0.4, 0.5) is 22.0 Å². The third-order valence-corrected chi connectivity index (χ3v) is 3.68. The van der Waals surface area contributed by atoms with E-state index in [-0.39, 0.29) is 21.2 Å². The fourth-order valence-electron chi connectivity index (χ4n) is 1.89. The second-order valence-electron chi connectivity index (χ2n) is 4.20. The first-order valence-electron chi connectivity index (χ1n) is 5.65. The average molecular weight is 341 g/mol. The molecule has 0 heterocycles. The van der Waals surface area contributed by atoms with Crippen LogP contribution in [0.1, 0.15) is 17.6 Å². The summed E-state index contributed by atoms with van der Waals surface area (Å²) < 4.78 is 64.1. The van der Waals surface area contributed by atoms with Crippen LogP contribution in [-0.4, -0.2) is 0 Å². The first-order chi connectivity index (χ1) is 9.71. The highest BCUT2D eigenvalue weighted by atomic mass is 35.5. The van der Waals surface area contributed by atoms with Crippen LogP contribution in [-0.2, 0) is 6.18 Å². The Morgan fingerprint density at radius 2 is 1.62 bits per heavy atom. The molecule has 0 aromatic heterocycles. The van der Waals surface area contributed by atoms with Crippen molar-refractivity contribution in [2.24, 2.45) is 0 Å². The number of hydrogen-bond donors (Lipinski definition) is 0. The highest BCUT2D eigenvalue weighted by Gasteiger charge is 2.36. The molecule has 0 amide bonds.